The summed E-state index contributed by atoms with van der Waals surface area (Å²) in [5, 5.41) is 0. The van der Waals surface area contributed by atoms with E-state index in [-0.39, 0.29) is 0 Å². The molecule has 0 aromatic carbocycles. The van der Waals surface area contributed by atoms with Gasteiger partial charge in [0.05, 0.1) is 0 Å². The van der Waals surface area contributed by atoms with Gasteiger partial charge in [0.15, 0.2) is 0 Å². The van der Waals surface area contributed by atoms with Crippen molar-refractivity contribution in [3.8, 4) is 0 Å². The van der Waals surface area contributed by atoms with Crippen molar-refractivity contribution in [2.24, 2.45) is 7.05 Å². The summed E-state index contributed by atoms with van der Waals surface area (Å²) in [5.41, 5.74) is 1.21. The van der Waals surface area contributed by atoms with Crippen LogP contribution in [0.15, 0.2) is 6.20 Å². The summed E-state index contributed by atoms with van der Waals surface area (Å²) < 4.78 is 2.06. The Bertz CT molecular complexity index is 171. The lowest BCUT2D eigenvalue weighted by molar-refractivity contribution is 0.827. The highest BCUT2D eigenvalue weighted by Gasteiger charge is 1.92. The molecule has 0 aliphatic rings. The molecule has 1 aromatic heterocycles. The highest BCUT2D eigenvalue weighted by molar-refractivity contribution is 4.99. The maximum absolute atomic E-state index is 4.08. The van der Waals surface area contributed by atoms with Gasteiger partial charge >= 0.3 is 0 Å². The van der Waals surface area contributed by atoms with E-state index in [1.165, 1.54) is 5.69 Å². The zero-order chi connectivity index (χ0) is 12.1. The van der Waals surface area contributed by atoms with Gasteiger partial charge in [-0.05, 0) is 13.8 Å². The Morgan fingerprint density at radius 2 is 1.29 bits per heavy atom. The first-order valence-electron chi connectivity index (χ1n) is 5.66. The second-order valence-electron chi connectivity index (χ2n) is 2.01. The van der Waals surface area contributed by atoms with Crippen LogP contribution in [0, 0.1) is 13.8 Å². The zero-order valence-corrected chi connectivity index (χ0v) is 11.5. The van der Waals surface area contributed by atoms with Crippen LogP contribution in [0.5, 0.6) is 0 Å². The van der Waals surface area contributed by atoms with Crippen LogP contribution in [0.1, 0.15) is 53.1 Å². The van der Waals surface area contributed by atoms with Crippen LogP contribution >= 0.6 is 0 Å². The van der Waals surface area contributed by atoms with Crippen molar-refractivity contribution in [2.75, 3.05) is 0 Å². The molecule has 0 saturated heterocycles. The summed E-state index contributed by atoms with van der Waals surface area (Å²) >= 11 is 0. The topological polar surface area (TPSA) is 17.8 Å². The molecule has 0 N–H and O–H groups in total. The molecule has 0 unspecified atom stereocenters. The van der Waals surface area contributed by atoms with Crippen molar-refractivity contribution < 1.29 is 0 Å². The molecule has 0 bridgehead atoms. The van der Waals surface area contributed by atoms with Crippen LogP contribution in [0.2, 0.25) is 0 Å². The van der Waals surface area contributed by atoms with Crippen LogP contribution in [0.3, 0.4) is 0 Å². The summed E-state index contributed by atoms with van der Waals surface area (Å²) in [4.78, 5) is 4.08. The van der Waals surface area contributed by atoms with Crippen molar-refractivity contribution in [3.63, 3.8) is 0 Å². The summed E-state index contributed by atoms with van der Waals surface area (Å²) in [6.07, 6.45) is 1.87. The Hall–Kier alpha value is -0.790. The fourth-order valence-electron chi connectivity index (χ4n) is 0.615. The molecule has 0 radical (unpaired) electrons. The van der Waals surface area contributed by atoms with E-state index in [0.29, 0.717) is 0 Å². The van der Waals surface area contributed by atoms with Crippen LogP contribution < -0.4 is 0 Å². The predicted octanol–water partition coefficient (Wildman–Crippen LogP) is 4.12. The summed E-state index contributed by atoms with van der Waals surface area (Å²) in [5.74, 6) is 1.07. The van der Waals surface area contributed by atoms with E-state index < -0.39 is 0 Å². The maximum Gasteiger partial charge on any atom is 0.105 e. The Labute approximate surface area is 90.4 Å². The van der Waals surface area contributed by atoms with Gasteiger partial charge in [-0.3, -0.25) is 0 Å². The zero-order valence-electron chi connectivity index (χ0n) is 11.5. The minimum absolute atomic E-state index is 1.07. The number of aromatic nitrogens is 2. The highest BCUT2D eigenvalue weighted by atomic mass is 15.0. The van der Waals surface area contributed by atoms with Crippen molar-refractivity contribution in [1.29, 1.82) is 0 Å². The van der Waals surface area contributed by atoms with Crippen LogP contribution in [0.25, 0.3) is 0 Å². The molecule has 1 aromatic rings. The molecule has 0 aliphatic heterocycles. The Morgan fingerprint density at radius 1 is 0.929 bits per heavy atom. The second kappa shape index (κ2) is 14.7. The molecule has 86 valence electrons. The fraction of sp³-hybridized carbons (Fsp3) is 0.750. The molecular weight excluding hydrogens is 172 g/mol. The Morgan fingerprint density at radius 3 is 1.36 bits per heavy atom. The number of hydrogen-bond donors (Lipinski definition) is 0. The summed E-state index contributed by atoms with van der Waals surface area (Å²) in [7, 11) is 2.01. The lowest BCUT2D eigenvalue weighted by Gasteiger charge is -1.93. The van der Waals surface area contributed by atoms with Gasteiger partial charge in [0.25, 0.3) is 0 Å². The molecule has 0 fully saturated rings. The molecule has 0 saturated carbocycles. The molecular formula is C12H28N2. The Balaban J connectivity index is -0.000000174. The number of aryl methyl sites for hydroxylation is 2. The third kappa shape index (κ3) is 7.84. The Kier molecular flexibility index (Phi) is 19.9. The molecule has 2 nitrogen and oxygen atoms in total. The predicted molar refractivity (Wildman–Crippen MR) is 66.7 cm³/mol. The minimum Gasteiger partial charge on any atom is -0.336 e. The maximum atomic E-state index is 4.08. The highest BCUT2D eigenvalue weighted by Crippen LogP contribution is 1.96. The minimum atomic E-state index is 1.07. The van der Waals surface area contributed by atoms with Crippen LogP contribution in [-0.2, 0) is 7.05 Å². The smallest absolute Gasteiger partial charge is 0.105 e. The van der Waals surface area contributed by atoms with Gasteiger partial charge in [-0.15, -0.1) is 0 Å². The van der Waals surface area contributed by atoms with Gasteiger partial charge in [-0.25, -0.2) is 4.98 Å². The van der Waals surface area contributed by atoms with E-state index in [9.17, 15) is 0 Å². The van der Waals surface area contributed by atoms with E-state index in [0.717, 1.165) is 5.82 Å². The fourth-order valence-corrected chi connectivity index (χ4v) is 0.615. The average Bonchev–Trinajstić information content (AvgIpc) is 2.58. The number of hydrogen-bond acceptors (Lipinski definition) is 1. The van der Waals surface area contributed by atoms with E-state index in [2.05, 4.69) is 9.55 Å². The monoisotopic (exact) mass is 200 g/mol. The molecule has 0 spiro atoms. The van der Waals surface area contributed by atoms with Gasteiger partial charge in [-0.1, -0.05) is 41.5 Å². The van der Waals surface area contributed by atoms with Gasteiger partial charge < -0.3 is 4.57 Å². The lowest BCUT2D eigenvalue weighted by Crippen LogP contribution is -1.92. The molecule has 1 rings (SSSR count). The largest absolute Gasteiger partial charge is 0.336 e. The third-order valence-electron chi connectivity index (χ3n) is 1.45. The first-order chi connectivity index (χ1) is 6.72. The average molecular weight is 200 g/mol. The first-order valence-corrected chi connectivity index (χ1v) is 5.66. The van der Waals surface area contributed by atoms with Crippen molar-refractivity contribution in [2.45, 2.75) is 55.4 Å². The van der Waals surface area contributed by atoms with Gasteiger partial charge in [-0.2, -0.15) is 0 Å². The summed E-state index contributed by atoms with van der Waals surface area (Å²) in [6.45, 7) is 16.0. The van der Waals surface area contributed by atoms with Crippen molar-refractivity contribution in [3.05, 3.63) is 17.7 Å². The van der Waals surface area contributed by atoms with Gasteiger partial charge in [0.1, 0.15) is 5.82 Å². The second-order valence-corrected chi connectivity index (χ2v) is 2.01. The number of imidazole rings is 1. The number of rotatable bonds is 0. The molecule has 0 atom stereocenters. The van der Waals surface area contributed by atoms with Gasteiger partial charge in [0.2, 0.25) is 0 Å². The first kappa shape index (κ1) is 18.9. The standard InChI is InChI=1S/C6H10N2.3C2H6/c1-5-4-7-6(2)8(5)3;3*1-2/h4H,1-3H3;3*1-2H3. The van der Waals surface area contributed by atoms with E-state index in [1.807, 2.05) is 68.6 Å². The molecule has 14 heavy (non-hydrogen) atoms. The van der Waals surface area contributed by atoms with Crippen molar-refractivity contribution >= 4 is 0 Å². The third-order valence-corrected chi connectivity index (χ3v) is 1.45. The molecule has 0 aliphatic carbocycles. The molecule has 2 heteroatoms. The quantitative estimate of drug-likeness (QED) is 0.616. The van der Waals surface area contributed by atoms with E-state index in [1.54, 1.807) is 0 Å². The summed E-state index contributed by atoms with van der Waals surface area (Å²) in [6, 6.07) is 0. The SMILES string of the molecule is CC.CC.CC.Cc1cnc(C)n1C. The lowest BCUT2D eigenvalue weighted by atomic mass is 10.5. The van der Waals surface area contributed by atoms with Crippen LogP contribution in [-0.4, -0.2) is 9.55 Å². The van der Waals surface area contributed by atoms with Crippen molar-refractivity contribution in [1.82, 2.24) is 9.55 Å². The van der Waals surface area contributed by atoms with E-state index in [4.69, 9.17) is 0 Å². The van der Waals surface area contributed by atoms with E-state index >= 15 is 0 Å². The van der Waals surface area contributed by atoms with Crippen LogP contribution in [0.4, 0.5) is 0 Å². The van der Waals surface area contributed by atoms with Gasteiger partial charge in [0, 0.05) is 18.9 Å². The normalized spacial score (nSPS) is 6.93. The number of nitrogens with zero attached hydrogens (tertiary/aromatic N) is 2. The molecule has 0 amide bonds. The molecule has 1 heterocycles.